The lowest BCUT2D eigenvalue weighted by Crippen LogP contribution is -1.97. The molecule has 72 valence electrons. The molecule has 1 aromatic rings. The van der Waals surface area contributed by atoms with Crippen LogP contribution in [0, 0.1) is 5.82 Å². The summed E-state index contributed by atoms with van der Waals surface area (Å²) in [6.45, 7) is -0.811. The van der Waals surface area contributed by atoms with E-state index in [9.17, 15) is 8.78 Å². The van der Waals surface area contributed by atoms with Crippen LogP contribution in [0.25, 0.3) is 0 Å². The van der Waals surface area contributed by atoms with Gasteiger partial charge in [0.15, 0.2) is 0 Å². The maximum atomic E-state index is 13.2. The third kappa shape index (κ3) is 2.41. The first-order valence-corrected chi connectivity index (χ1v) is 5.28. The van der Waals surface area contributed by atoms with Crippen LogP contribution in [0.2, 0.25) is 5.02 Å². The van der Waals surface area contributed by atoms with E-state index in [0.717, 1.165) is 0 Å². The van der Waals surface area contributed by atoms with Gasteiger partial charge in [0.05, 0.1) is 5.02 Å². The normalized spacial score (nSPS) is 10.5. The second-order valence-electron chi connectivity index (χ2n) is 2.57. The van der Waals surface area contributed by atoms with Gasteiger partial charge in [-0.15, -0.1) is 0 Å². The molecule has 0 fully saturated rings. The molecule has 0 aliphatic rings. The molecule has 0 nitrogen and oxygen atoms in total. The smallest absolute Gasteiger partial charge is 0.147 e. The topological polar surface area (TPSA) is 0 Å². The number of hydrogen-bond donors (Lipinski definition) is 0. The van der Waals surface area contributed by atoms with Gasteiger partial charge in [-0.05, 0) is 18.1 Å². The molecule has 1 aromatic carbocycles. The van der Waals surface area contributed by atoms with E-state index in [4.69, 9.17) is 11.6 Å². The van der Waals surface area contributed by atoms with Gasteiger partial charge in [0, 0.05) is 10.9 Å². The summed E-state index contributed by atoms with van der Waals surface area (Å²) >= 11 is 8.73. The molecule has 0 N–H and O–H groups in total. The summed E-state index contributed by atoms with van der Waals surface area (Å²) in [6, 6.07) is 3.11. The lowest BCUT2D eigenvalue weighted by molar-refractivity contribution is 0.461. The van der Waals surface area contributed by atoms with E-state index in [2.05, 4.69) is 15.9 Å². The summed E-state index contributed by atoms with van der Waals surface area (Å²) in [5.41, 5.74) is 0.744. The molecule has 0 amide bonds. The summed E-state index contributed by atoms with van der Waals surface area (Å²) in [4.78, 5) is 0. The summed E-state index contributed by atoms with van der Waals surface area (Å²) in [7, 11) is 0. The molecule has 0 aromatic heterocycles. The van der Waals surface area contributed by atoms with Crippen LogP contribution in [-0.2, 0) is 13.1 Å². The van der Waals surface area contributed by atoms with Crippen LogP contribution >= 0.6 is 27.5 Å². The van der Waals surface area contributed by atoms with Gasteiger partial charge in [-0.1, -0.05) is 33.6 Å². The number of rotatable bonds is 3. The summed E-state index contributed by atoms with van der Waals surface area (Å²) in [5, 5.41) is 0.659. The minimum absolute atomic E-state index is 0.0222. The second-order valence-corrected chi connectivity index (χ2v) is 3.77. The molecule has 0 atom stereocenters. The first kappa shape index (κ1) is 10.9. The van der Waals surface area contributed by atoms with E-state index in [1.165, 1.54) is 6.07 Å². The van der Waals surface area contributed by atoms with Gasteiger partial charge in [0.1, 0.15) is 12.5 Å². The monoisotopic (exact) mass is 268 g/mol. The SMILES string of the molecule is FCc1c(CCBr)ccc(Cl)c1F. The maximum Gasteiger partial charge on any atom is 0.147 e. The second kappa shape index (κ2) is 4.91. The average Bonchev–Trinajstić information content (AvgIpc) is 2.12. The molecule has 1 rings (SSSR count). The van der Waals surface area contributed by atoms with Crippen molar-refractivity contribution in [3.8, 4) is 0 Å². The quantitative estimate of drug-likeness (QED) is 0.730. The number of alkyl halides is 2. The lowest BCUT2D eigenvalue weighted by Gasteiger charge is -2.06. The van der Waals surface area contributed by atoms with Crippen molar-refractivity contribution in [2.24, 2.45) is 0 Å². The van der Waals surface area contributed by atoms with Crippen molar-refractivity contribution < 1.29 is 8.78 Å². The lowest BCUT2D eigenvalue weighted by atomic mass is 10.1. The van der Waals surface area contributed by atoms with Crippen molar-refractivity contribution in [2.45, 2.75) is 13.1 Å². The highest BCUT2D eigenvalue weighted by Crippen LogP contribution is 2.23. The highest BCUT2D eigenvalue weighted by molar-refractivity contribution is 9.09. The van der Waals surface area contributed by atoms with Crippen LogP contribution in [0.5, 0.6) is 0 Å². The minimum atomic E-state index is -0.811. The number of hydrogen-bond acceptors (Lipinski definition) is 0. The predicted octanol–water partition coefficient (Wildman–Crippen LogP) is 3.89. The van der Waals surface area contributed by atoms with Gasteiger partial charge in [-0.25, -0.2) is 8.78 Å². The Morgan fingerprint density at radius 2 is 2.08 bits per heavy atom. The molecule has 0 aliphatic heterocycles. The molecule has 0 bridgehead atoms. The van der Waals surface area contributed by atoms with Gasteiger partial charge in [-0.3, -0.25) is 0 Å². The summed E-state index contributed by atoms with van der Waals surface area (Å²) in [5.74, 6) is -0.636. The van der Waals surface area contributed by atoms with Crippen molar-refractivity contribution in [1.29, 1.82) is 0 Å². The van der Waals surface area contributed by atoms with Crippen molar-refractivity contribution in [1.82, 2.24) is 0 Å². The summed E-state index contributed by atoms with van der Waals surface area (Å²) < 4.78 is 25.6. The molecule has 13 heavy (non-hydrogen) atoms. The minimum Gasteiger partial charge on any atom is -0.246 e. The van der Waals surface area contributed by atoms with E-state index < -0.39 is 12.5 Å². The Labute approximate surface area is 89.0 Å². The molecule has 0 saturated carbocycles. The Balaban J connectivity index is 3.13. The fourth-order valence-electron chi connectivity index (χ4n) is 1.11. The highest BCUT2D eigenvalue weighted by Gasteiger charge is 2.11. The largest absolute Gasteiger partial charge is 0.246 e. The Bertz CT molecular complexity index is 302. The van der Waals surface area contributed by atoms with Crippen molar-refractivity contribution in [3.63, 3.8) is 0 Å². The van der Waals surface area contributed by atoms with Crippen LogP contribution in [0.1, 0.15) is 11.1 Å². The number of benzene rings is 1. The van der Waals surface area contributed by atoms with E-state index in [1.807, 2.05) is 0 Å². The van der Waals surface area contributed by atoms with Crippen LogP contribution in [-0.4, -0.2) is 5.33 Å². The maximum absolute atomic E-state index is 13.2. The van der Waals surface area contributed by atoms with Crippen molar-refractivity contribution >= 4 is 27.5 Å². The zero-order valence-corrected chi connectivity index (χ0v) is 9.13. The molecule has 0 heterocycles. The number of aryl methyl sites for hydroxylation is 1. The van der Waals surface area contributed by atoms with Gasteiger partial charge < -0.3 is 0 Å². The van der Waals surface area contributed by atoms with Crippen LogP contribution < -0.4 is 0 Å². The van der Waals surface area contributed by atoms with Gasteiger partial charge in [-0.2, -0.15) is 0 Å². The van der Waals surface area contributed by atoms with E-state index in [0.29, 0.717) is 17.3 Å². The van der Waals surface area contributed by atoms with Gasteiger partial charge in [0.2, 0.25) is 0 Å². The zero-order valence-electron chi connectivity index (χ0n) is 6.79. The van der Waals surface area contributed by atoms with Crippen LogP contribution in [0.3, 0.4) is 0 Å². The average molecular weight is 270 g/mol. The Morgan fingerprint density at radius 3 is 2.62 bits per heavy atom. The van der Waals surface area contributed by atoms with Crippen molar-refractivity contribution in [2.75, 3.05) is 5.33 Å². The Hall–Kier alpha value is -0.150. The third-order valence-electron chi connectivity index (χ3n) is 1.79. The Kier molecular flexibility index (Phi) is 4.13. The number of halogens is 4. The molecule has 0 saturated heterocycles. The molecular weight excluding hydrogens is 261 g/mol. The first-order chi connectivity index (χ1) is 6.20. The van der Waals surface area contributed by atoms with E-state index in [-0.39, 0.29) is 10.6 Å². The Morgan fingerprint density at radius 1 is 1.38 bits per heavy atom. The standard InChI is InChI=1S/C9H8BrClF2/c10-4-3-6-1-2-8(11)9(13)7(6)5-12/h1-2H,3-5H2. The first-order valence-electron chi connectivity index (χ1n) is 3.78. The van der Waals surface area contributed by atoms with Crippen molar-refractivity contribution in [3.05, 3.63) is 34.1 Å². The summed E-state index contributed by atoms with van der Waals surface area (Å²) in [6.07, 6.45) is 0.605. The van der Waals surface area contributed by atoms with E-state index in [1.54, 1.807) is 6.07 Å². The van der Waals surface area contributed by atoms with Crippen LogP contribution in [0.15, 0.2) is 12.1 Å². The van der Waals surface area contributed by atoms with E-state index >= 15 is 0 Å². The molecule has 0 unspecified atom stereocenters. The highest BCUT2D eigenvalue weighted by atomic mass is 79.9. The van der Waals surface area contributed by atoms with Gasteiger partial charge in [0.25, 0.3) is 0 Å². The van der Waals surface area contributed by atoms with Gasteiger partial charge >= 0.3 is 0 Å². The zero-order chi connectivity index (χ0) is 9.84. The molecule has 0 aliphatic carbocycles. The predicted molar refractivity (Wildman–Crippen MR) is 53.7 cm³/mol. The molecule has 0 spiro atoms. The fourth-order valence-corrected chi connectivity index (χ4v) is 1.72. The fraction of sp³-hybridized carbons (Fsp3) is 0.333. The molecular formula is C9H8BrClF2. The molecule has 4 heteroatoms. The molecule has 0 radical (unpaired) electrons. The van der Waals surface area contributed by atoms with Crippen LogP contribution in [0.4, 0.5) is 8.78 Å². The third-order valence-corrected chi connectivity index (χ3v) is 2.48.